The number of alkyl halides is 6. The number of aromatic nitrogens is 2. The molecule has 2 aromatic heterocycles. The Hall–Kier alpha value is -3.61. The number of pyridine rings is 2. The van der Waals surface area contributed by atoms with Gasteiger partial charge < -0.3 is 15.0 Å². The van der Waals surface area contributed by atoms with Gasteiger partial charge in [0.1, 0.15) is 11.2 Å². The summed E-state index contributed by atoms with van der Waals surface area (Å²) in [5.41, 5.74) is -3.87. The fourth-order valence-electron chi connectivity index (χ4n) is 4.49. The van der Waals surface area contributed by atoms with Crippen LogP contribution in [0.25, 0.3) is 22.0 Å². The Kier molecular flexibility index (Phi) is 9.43. The van der Waals surface area contributed by atoms with E-state index in [1.807, 2.05) is 0 Å². The van der Waals surface area contributed by atoms with Crippen molar-refractivity contribution >= 4 is 40.0 Å². The predicted molar refractivity (Wildman–Crippen MR) is 150 cm³/mol. The first-order valence-electron chi connectivity index (χ1n) is 12.8. The molecule has 2 N–H and O–H groups in total. The van der Waals surface area contributed by atoms with Crippen molar-refractivity contribution in [1.82, 2.24) is 14.9 Å². The highest BCUT2D eigenvalue weighted by Gasteiger charge is 2.37. The van der Waals surface area contributed by atoms with Gasteiger partial charge in [-0.05, 0) is 59.9 Å². The van der Waals surface area contributed by atoms with E-state index in [0.29, 0.717) is 17.7 Å². The number of carbonyl (C=O) groups excluding carboxylic acids is 1. The van der Waals surface area contributed by atoms with Crippen molar-refractivity contribution in [3.63, 3.8) is 0 Å². The molecule has 1 atom stereocenters. The van der Waals surface area contributed by atoms with Gasteiger partial charge in [-0.2, -0.15) is 26.3 Å². The van der Waals surface area contributed by atoms with E-state index in [4.69, 9.17) is 23.2 Å². The van der Waals surface area contributed by atoms with Crippen molar-refractivity contribution in [1.29, 1.82) is 0 Å². The summed E-state index contributed by atoms with van der Waals surface area (Å²) in [6.45, 7) is 0.722. The van der Waals surface area contributed by atoms with Gasteiger partial charge in [-0.25, -0.2) is 0 Å². The maximum Gasteiger partial charge on any atom is 0.416 e. The fourth-order valence-corrected chi connectivity index (χ4v) is 4.79. The summed E-state index contributed by atoms with van der Waals surface area (Å²) in [6.07, 6.45) is -8.51. The molecule has 0 aliphatic rings. The van der Waals surface area contributed by atoms with E-state index >= 15 is 0 Å². The van der Waals surface area contributed by atoms with Crippen LogP contribution < -0.4 is 10.9 Å². The lowest BCUT2D eigenvalue weighted by Crippen LogP contribution is -2.34. The number of nitrogens with zero attached hydrogens (tertiary/aromatic N) is 2. The molecule has 1 unspecified atom stereocenters. The molecular formula is C29H23Cl2F6N3O3. The van der Waals surface area contributed by atoms with Gasteiger partial charge in [-0.15, -0.1) is 0 Å². The number of rotatable bonds is 8. The highest BCUT2D eigenvalue weighted by Crippen LogP contribution is 2.37. The summed E-state index contributed by atoms with van der Waals surface area (Å²) in [6, 6.07) is 8.55. The van der Waals surface area contributed by atoms with E-state index < -0.39 is 47.1 Å². The summed E-state index contributed by atoms with van der Waals surface area (Å²) in [4.78, 5) is 31.6. The second-order valence-corrected chi connectivity index (χ2v) is 10.7. The summed E-state index contributed by atoms with van der Waals surface area (Å²) < 4.78 is 81.5. The SMILES string of the molecule is CC(CO)CCn1c(C(=O)NCc2cc(C(F)(F)F)cc(C(F)(F)F)c2)c(-c2ccc(Cl)c(Cl)c2)c2cccnc2c1=O. The zero-order chi connectivity index (χ0) is 31.7. The number of carbonyl (C=O) groups is 1. The highest BCUT2D eigenvalue weighted by molar-refractivity contribution is 6.42. The molecule has 43 heavy (non-hydrogen) atoms. The summed E-state index contributed by atoms with van der Waals surface area (Å²) in [5.74, 6) is -1.23. The van der Waals surface area contributed by atoms with Crippen molar-refractivity contribution in [2.45, 2.75) is 38.8 Å². The first-order chi connectivity index (χ1) is 20.1. The van der Waals surface area contributed by atoms with Crippen LogP contribution in [0.4, 0.5) is 26.3 Å². The van der Waals surface area contributed by atoms with E-state index in [1.165, 1.54) is 24.4 Å². The fraction of sp³-hybridized carbons (Fsp3) is 0.276. The Morgan fingerprint density at radius 3 is 2.23 bits per heavy atom. The Morgan fingerprint density at radius 1 is 1.00 bits per heavy atom. The van der Waals surface area contributed by atoms with Gasteiger partial charge in [0.15, 0.2) is 0 Å². The lowest BCUT2D eigenvalue weighted by molar-refractivity contribution is -0.143. The van der Waals surface area contributed by atoms with Crippen molar-refractivity contribution in [2.75, 3.05) is 6.61 Å². The molecule has 2 aromatic carbocycles. The number of halogens is 8. The van der Waals surface area contributed by atoms with Gasteiger partial charge in [0.05, 0.1) is 21.2 Å². The number of hydrogen-bond acceptors (Lipinski definition) is 4. The number of amides is 1. The number of benzene rings is 2. The zero-order valence-electron chi connectivity index (χ0n) is 22.3. The molecule has 0 saturated carbocycles. The monoisotopic (exact) mass is 645 g/mol. The van der Waals surface area contributed by atoms with E-state index in [0.717, 1.165) is 4.57 Å². The van der Waals surface area contributed by atoms with Crippen molar-refractivity contribution < 1.29 is 36.2 Å². The van der Waals surface area contributed by atoms with E-state index in [-0.39, 0.29) is 63.8 Å². The Morgan fingerprint density at radius 2 is 1.65 bits per heavy atom. The van der Waals surface area contributed by atoms with E-state index in [1.54, 1.807) is 19.1 Å². The van der Waals surface area contributed by atoms with Crippen LogP contribution in [0, 0.1) is 5.92 Å². The first-order valence-corrected chi connectivity index (χ1v) is 13.5. The quantitative estimate of drug-likeness (QED) is 0.196. The highest BCUT2D eigenvalue weighted by atomic mass is 35.5. The molecule has 0 bridgehead atoms. The smallest absolute Gasteiger partial charge is 0.396 e. The van der Waals surface area contributed by atoms with Gasteiger partial charge in [-0.3, -0.25) is 14.6 Å². The van der Waals surface area contributed by atoms with Crippen LogP contribution in [-0.4, -0.2) is 27.2 Å². The van der Waals surface area contributed by atoms with E-state index in [9.17, 15) is 41.0 Å². The van der Waals surface area contributed by atoms with Gasteiger partial charge in [0.25, 0.3) is 11.5 Å². The average Bonchev–Trinajstić information content (AvgIpc) is 2.95. The number of aliphatic hydroxyl groups is 1. The van der Waals surface area contributed by atoms with Crippen LogP contribution in [-0.2, 0) is 25.4 Å². The third-order valence-electron chi connectivity index (χ3n) is 6.71. The Bertz CT molecular complexity index is 1710. The number of hydrogen-bond donors (Lipinski definition) is 2. The van der Waals surface area contributed by atoms with Crippen molar-refractivity contribution in [3.8, 4) is 11.1 Å². The Labute approximate surface area is 250 Å². The predicted octanol–water partition coefficient (Wildman–Crippen LogP) is 7.36. The molecule has 0 radical (unpaired) electrons. The molecule has 0 fully saturated rings. The molecule has 6 nitrogen and oxygen atoms in total. The maximum absolute atomic E-state index is 13.8. The van der Waals surface area contributed by atoms with Gasteiger partial charge in [-0.1, -0.05) is 42.3 Å². The van der Waals surface area contributed by atoms with E-state index in [2.05, 4.69) is 10.3 Å². The molecular weight excluding hydrogens is 623 g/mol. The summed E-state index contributed by atoms with van der Waals surface area (Å²) >= 11 is 12.3. The molecule has 2 heterocycles. The second kappa shape index (κ2) is 12.6. The minimum Gasteiger partial charge on any atom is -0.396 e. The third-order valence-corrected chi connectivity index (χ3v) is 7.45. The molecule has 0 spiro atoms. The molecule has 1 amide bonds. The summed E-state index contributed by atoms with van der Waals surface area (Å²) in [5, 5.41) is 12.5. The largest absolute Gasteiger partial charge is 0.416 e. The number of aliphatic hydroxyl groups excluding tert-OH is 1. The van der Waals surface area contributed by atoms with Gasteiger partial charge in [0.2, 0.25) is 0 Å². The average molecular weight is 646 g/mol. The molecule has 0 saturated heterocycles. The first kappa shape index (κ1) is 32.3. The third kappa shape index (κ3) is 7.14. The standard InChI is InChI=1S/C29H23Cl2F6N3O3/c1-15(14-41)6-8-40-25(26(42)39-13-16-9-18(28(32,33)34)12-19(10-16)29(35,36)37)23(17-4-5-21(30)22(31)11-17)20-3-2-7-38-24(20)27(40)43/h2-5,7,9-12,15,41H,6,8,13-14H2,1H3,(H,39,42). The lowest BCUT2D eigenvalue weighted by Gasteiger charge is -2.21. The van der Waals surface area contributed by atoms with Crippen LogP contribution >= 0.6 is 23.2 Å². The van der Waals surface area contributed by atoms with Crippen LogP contribution in [0.2, 0.25) is 10.0 Å². The minimum atomic E-state index is -5.07. The summed E-state index contributed by atoms with van der Waals surface area (Å²) in [7, 11) is 0. The normalized spacial score (nSPS) is 12.9. The molecule has 0 aliphatic heterocycles. The van der Waals surface area contributed by atoms with Gasteiger partial charge in [0, 0.05) is 36.8 Å². The molecule has 4 aromatic rings. The number of nitrogens with one attached hydrogen (secondary N) is 1. The van der Waals surface area contributed by atoms with Crippen LogP contribution in [0.5, 0.6) is 0 Å². The number of fused-ring (bicyclic) bond motifs is 1. The molecule has 228 valence electrons. The van der Waals surface area contributed by atoms with Crippen molar-refractivity contribution in [2.24, 2.45) is 5.92 Å². The second-order valence-electron chi connectivity index (χ2n) is 9.88. The van der Waals surface area contributed by atoms with Crippen LogP contribution in [0.1, 0.15) is 40.5 Å². The zero-order valence-corrected chi connectivity index (χ0v) is 23.8. The lowest BCUT2D eigenvalue weighted by atomic mass is 9.97. The molecule has 0 aliphatic carbocycles. The Balaban J connectivity index is 1.90. The van der Waals surface area contributed by atoms with Gasteiger partial charge >= 0.3 is 12.4 Å². The minimum absolute atomic E-state index is 0.00414. The van der Waals surface area contributed by atoms with Crippen molar-refractivity contribution in [3.05, 3.63) is 97.5 Å². The van der Waals surface area contributed by atoms with Crippen LogP contribution in [0.3, 0.4) is 0 Å². The van der Waals surface area contributed by atoms with Crippen LogP contribution in [0.15, 0.2) is 59.5 Å². The topological polar surface area (TPSA) is 84.2 Å². The molecule has 4 rings (SSSR count). The maximum atomic E-state index is 13.8. The molecule has 14 heteroatoms.